The zero-order valence-electron chi connectivity index (χ0n) is 38.9. The van der Waals surface area contributed by atoms with E-state index in [4.69, 9.17) is 14.4 Å². The normalized spacial score (nSPS) is 15.5. The van der Waals surface area contributed by atoms with E-state index in [0.29, 0.717) is 17.7 Å². The number of hydrogen-bond donors (Lipinski definition) is 0. The first-order valence-corrected chi connectivity index (χ1v) is 22.3. The number of aromatic nitrogens is 4. The maximum absolute atomic E-state index is 9.37. The average molecular weight is 1020 g/mol. The molecule has 6 heteroatoms. The molecule has 0 bridgehead atoms. The molecule has 0 amide bonds. The molecule has 323 valence electrons. The second-order valence-corrected chi connectivity index (χ2v) is 19.2. The third-order valence-corrected chi connectivity index (χ3v) is 13.8. The number of para-hydroxylation sites is 3. The van der Waals surface area contributed by atoms with Gasteiger partial charge in [-0.25, -0.2) is 0 Å². The second kappa shape index (κ2) is 16.9. The van der Waals surface area contributed by atoms with Crippen LogP contribution in [0.15, 0.2) is 144 Å². The SMILES string of the molecule is CC(C)c1cccc(C(C)C)c1-n1c(-c2[c-]cccc2)nc2ccccc21.[2H]C1(c2ccnc(-c3[c-]ccc4c3oc3cc5ccc6ccccc6c5cc34)n2)CC(C)(C)C(C)(C)C1.[Ir]. The van der Waals surface area contributed by atoms with Crippen LogP contribution in [-0.2, 0) is 20.1 Å². The van der Waals surface area contributed by atoms with E-state index >= 15 is 0 Å². The van der Waals surface area contributed by atoms with Crippen molar-refractivity contribution < 1.29 is 25.9 Å². The van der Waals surface area contributed by atoms with Gasteiger partial charge in [0.25, 0.3) is 0 Å². The summed E-state index contributed by atoms with van der Waals surface area (Å²) in [6.07, 6.45) is 3.31. The fourth-order valence-corrected chi connectivity index (χ4v) is 9.61. The Morgan fingerprint density at radius 1 is 0.672 bits per heavy atom. The summed E-state index contributed by atoms with van der Waals surface area (Å²) in [5.74, 6) is 1.61. The Balaban J connectivity index is 0.000000170. The molecule has 7 aromatic carbocycles. The Morgan fingerprint density at radius 3 is 2.11 bits per heavy atom. The fourth-order valence-electron chi connectivity index (χ4n) is 9.61. The summed E-state index contributed by atoms with van der Waals surface area (Å²) in [7, 11) is 0. The standard InChI is InChI=1S/C33H29N2O.C25H25N2.Ir/c1-32(2)18-22(19-33(32,3)4)28-14-15-34-31(35-28)25-11-7-10-24-27-17-26-21(16-29(27)36-30(24)25)13-12-20-8-5-6-9-23(20)26;1-17(2)20-13-10-14-21(18(3)4)24(20)27-23-16-9-8-15-22(23)26-25(27)19-11-6-5-7-12-19;/h5-10,12-17,22H,18-19H2,1-4H3;5-11,13-18H,1-4H3;/q2*-1;/i22D;;. The third-order valence-electron chi connectivity index (χ3n) is 13.8. The van der Waals surface area contributed by atoms with Crippen molar-refractivity contribution in [2.75, 3.05) is 0 Å². The summed E-state index contributed by atoms with van der Waals surface area (Å²) in [5.41, 5.74) is 10.3. The largest absolute Gasteiger partial charge is 0.501 e. The van der Waals surface area contributed by atoms with E-state index < -0.39 is 5.89 Å². The number of furan rings is 1. The van der Waals surface area contributed by atoms with Crippen molar-refractivity contribution in [3.8, 4) is 28.5 Å². The Labute approximate surface area is 391 Å². The molecule has 10 aromatic rings. The van der Waals surface area contributed by atoms with Crippen molar-refractivity contribution in [1.29, 1.82) is 0 Å². The number of benzene rings is 7. The first kappa shape index (κ1) is 42.0. The third kappa shape index (κ3) is 7.55. The first-order valence-electron chi connectivity index (χ1n) is 22.8. The predicted octanol–water partition coefficient (Wildman–Crippen LogP) is 15.8. The number of fused-ring (bicyclic) bond motifs is 7. The number of rotatable bonds is 6. The van der Waals surface area contributed by atoms with Crippen LogP contribution in [0.5, 0.6) is 0 Å². The van der Waals surface area contributed by atoms with E-state index in [1.165, 1.54) is 33.0 Å². The van der Waals surface area contributed by atoms with E-state index in [2.05, 4.69) is 180 Å². The monoisotopic (exact) mass is 1020 g/mol. The van der Waals surface area contributed by atoms with Gasteiger partial charge in [0.05, 0.1) is 28.3 Å². The molecule has 1 aliphatic carbocycles. The van der Waals surface area contributed by atoms with Crippen LogP contribution in [0, 0.1) is 23.0 Å². The quantitative estimate of drug-likeness (QED) is 0.123. The van der Waals surface area contributed by atoms with Crippen LogP contribution in [0.25, 0.3) is 83.0 Å². The number of imidazole rings is 1. The van der Waals surface area contributed by atoms with Gasteiger partial charge in [0.15, 0.2) is 0 Å². The summed E-state index contributed by atoms with van der Waals surface area (Å²) in [5, 5.41) is 6.92. The maximum atomic E-state index is 9.37. The molecule has 0 saturated heterocycles. The summed E-state index contributed by atoms with van der Waals surface area (Å²) >= 11 is 0. The minimum absolute atomic E-state index is 0. The molecule has 5 nitrogen and oxygen atoms in total. The average Bonchev–Trinajstić information content (AvgIpc) is 3.91. The van der Waals surface area contributed by atoms with Gasteiger partial charge >= 0.3 is 0 Å². The predicted molar refractivity (Wildman–Crippen MR) is 262 cm³/mol. The maximum Gasteiger partial charge on any atom is 0.121 e. The Bertz CT molecular complexity index is 3340. The molecule has 64 heavy (non-hydrogen) atoms. The Hall–Kier alpha value is -5.94. The van der Waals surface area contributed by atoms with Crippen molar-refractivity contribution >= 4 is 54.5 Å². The van der Waals surface area contributed by atoms with E-state index in [0.717, 1.165) is 73.8 Å². The smallest absolute Gasteiger partial charge is 0.121 e. The van der Waals surface area contributed by atoms with Crippen LogP contribution < -0.4 is 0 Å². The van der Waals surface area contributed by atoms with Gasteiger partial charge in [0, 0.05) is 50.3 Å². The molecule has 3 aromatic heterocycles. The summed E-state index contributed by atoms with van der Waals surface area (Å²) in [6.45, 7) is 18.1. The molecule has 3 heterocycles. The molecule has 1 radical (unpaired) electrons. The van der Waals surface area contributed by atoms with Gasteiger partial charge in [-0.2, -0.15) is 0 Å². The number of hydrogen-bond acceptors (Lipinski definition) is 4. The topological polar surface area (TPSA) is 56.7 Å². The second-order valence-electron chi connectivity index (χ2n) is 19.2. The van der Waals surface area contributed by atoms with Gasteiger partial charge in [0.2, 0.25) is 0 Å². The molecule has 11 rings (SSSR count). The van der Waals surface area contributed by atoms with Gasteiger partial charge < -0.3 is 8.98 Å². The summed E-state index contributed by atoms with van der Waals surface area (Å²) < 4.78 is 18.2. The van der Waals surface area contributed by atoms with Gasteiger partial charge in [-0.1, -0.05) is 133 Å². The zero-order chi connectivity index (χ0) is 44.5. The van der Waals surface area contributed by atoms with Crippen molar-refractivity contribution in [3.05, 3.63) is 169 Å². The first-order chi connectivity index (χ1) is 30.7. The molecule has 0 atom stereocenters. The van der Waals surface area contributed by atoms with Gasteiger partial charge in [0.1, 0.15) is 5.58 Å². The molecule has 0 unspecified atom stereocenters. The molecule has 1 fully saturated rings. The van der Waals surface area contributed by atoms with Gasteiger partial charge in [-0.3, -0.25) is 15.0 Å². The van der Waals surface area contributed by atoms with E-state index in [9.17, 15) is 1.37 Å². The van der Waals surface area contributed by atoms with Crippen molar-refractivity contribution in [2.45, 2.75) is 86.0 Å². The Morgan fingerprint density at radius 2 is 1.38 bits per heavy atom. The van der Waals surface area contributed by atoms with Crippen molar-refractivity contribution in [3.63, 3.8) is 0 Å². The minimum atomic E-state index is -0.745. The molecule has 0 N–H and O–H groups in total. The Kier molecular flexibility index (Phi) is 11.1. The van der Waals surface area contributed by atoms with Crippen LogP contribution in [0.1, 0.15) is 104 Å². The summed E-state index contributed by atoms with van der Waals surface area (Å²) in [6, 6.07) is 52.9. The van der Waals surface area contributed by atoms with Gasteiger partial charge in [-0.05, 0) is 98.5 Å². The zero-order valence-corrected chi connectivity index (χ0v) is 40.3. The fraction of sp³-hybridized carbons (Fsp3) is 0.259. The van der Waals surface area contributed by atoms with Gasteiger partial charge in [-0.15, -0.1) is 54.1 Å². The minimum Gasteiger partial charge on any atom is -0.501 e. The molecule has 1 aliphatic rings. The van der Waals surface area contributed by atoms with Crippen LogP contribution in [0.3, 0.4) is 0 Å². The van der Waals surface area contributed by atoms with Crippen LogP contribution in [0.2, 0.25) is 0 Å². The van der Waals surface area contributed by atoms with Crippen molar-refractivity contribution in [2.24, 2.45) is 10.8 Å². The van der Waals surface area contributed by atoms with Crippen LogP contribution >= 0.6 is 0 Å². The molecule has 0 aliphatic heterocycles. The van der Waals surface area contributed by atoms with E-state index in [-0.39, 0.29) is 30.9 Å². The molecule has 0 spiro atoms. The molecule has 1 saturated carbocycles. The van der Waals surface area contributed by atoms with E-state index in [1.54, 1.807) is 6.20 Å². The van der Waals surface area contributed by atoms with Crippen molar-refractivity contribution in [1.82, 2.24) is 19.5 Å². The summed E-state index contributed by atoms with van der Waals surface area (Å²) in [4.78, 5) is 14.6. The van der Waals surface area contributed by atoms with Crippen LogP contribution in [-0.4, -0.2) is 19.5 Å². The molecular formula is C58H54IrN4O-2. The van der Waals surface area contributed by atoms with Crippen LogP contribution in [0.4, 0.5) is 0 Å². The number of nitrogens with zero attached hydrogens (tertiary/aromatic N) is 4. The van der Waals surface area contributed by atoms with E-state index in [1.807, 2.05) is 30.3 Å². The molecular weight excluding hydrogens is 961 g/mol.